The van der Waals surface area contributed by atoms with Gasteiger partial charge in [-0.15, -0.1) is 10.2 Å². The Balaban J connectivity index is 1.50. The fraction of sp³-hybridized carbons (Fsp3) is 0.238. The molecule has 0 spiro atoms. The SMILES string of the molecule is N#Cc1cccc(-c2ccc(NC[C@]3(c4ncccc4F)C[C@H](F)C3)nn2)c1. The maximum absolute atomic E-state index is 14.2. The van der Waals surface area contributed by atoms with Gasteiger partial charge in [-0.05, 0) is 49.2 Å². The van der Waals surface area contributed by atoms with Gasteiger partial charge in [0.05, 0.1) is 23.0 Å². The molecule has 0 unspecified atom stereocenters. The Morgan fingerprint density at radius 2 is 2.00 bits per heavy atom. The van der Waals surface area contributed by atoms with Gasteiger partial charge >= 0.3 is 0 Å². The van der Waals surface area contributed by atoms with Crippen molar-refractivity contribution in [3.05, 3.63) is 71.8 Å². The van der Waals surface area contributed by atoms with Crippen molar-refractivity contribution >= 4 is 5.82 Å². The summed E-state index contributed by atoms with van der Waals surface area (Å²) in [5.74, 6) is 0.0909. The number of rotatable bonds is 5. The van der Waals surface area contributed by atoms with Gasteiger partial charge in [0.1, 0.15) is 17.8 Å². The number of nitrogens with one attached hydrogen (secondary N) is 1. The van der Waals surface area contributed by atoms with Crippen molar-refractivity contribution < 1.29 is 8.78 Å². The summed E-state index contributed by atoms with van der Waals surface area (Å²) in [4.78, 5) is 4.15. The molecule has 28 heavy (non-hydrogen) atoms. The monoisotopic (exact) mass is 377 g/mol. The average molecular weight is 377 g/mol. The quantitative estimate of drug-likeness (QED) is 0.727. The second-order valence-electron chi connectivity index (χ2n) is 6.97. The smallest absolute Gasteiger partial charge is 0.148 e. The third-order valence-electron chi connectivity index (χ3n) is 5.05. The molecular formula is C21H17F2N5. The van der Waals surface area contributed by atoms with E-state index in [1.165, 1.54) is 18.3 Å². The molecule has 1 aliphatic carbocycles. The van der Waals surface area contributed by atoms with E-state index < -0.39 is 17.4 Å². The largest absolute Gasteiger partial charge is 0.368 e. The number of pyridine rings is 1. The molecule has 140 valence electrons. The van der Waals surface area contributed by atoms with Crippen LogP contribution in [0.1, 0.15) is 24.1 Å². The molecule has 5 nitrogen and oxygen atoms in total. The molecule has 1 N–H and O–H groups in total. The molecule has 0 saturated heterocycles. The molecule has 0 aliphatic heterocycles. The van der Waals surface area contributed by atoms with Gasteiger partial charge in [-0.2, -0.15) is 5.26 Å². The van der Waals surface area contributed by atoms with E-state index in [0.29, 0.717) is 23.6 Å². The summed E-state index contributed by atoms with van der Waals surface area (Å²) in [6.45, 7) is 0.319. The molecular weight excluding hydrogens is 360 g/mol. The van der Waals surface area contributed by atoms with Gasteiger partial charge in [0.25, 0.3) is 0 Å². The maximum atomic E-state index is 14.2. The molecule has 0 amide bonds. The summed E-state index contributed by atoms with van der Waals surface area (Å²) in [5.41, 5.74) is 1.58. The lowest BCUT2D eigenvalue weighted by Gasteiger charge is -2.44. The van der Waals surface area contributed by atoms with E-state index in [-0.39, 0.29) is 18.5 Å². The molecule has 1 aliphatic rings. The van der Waals surface area contributed by atoms with E-state index in [4.69, 9.17) is 5.26 Å². The summed E-state index contributed by atoms with van der Waals surface area (Å²) in [6, 6.07) is 15.6. The lowest BCUT2D eigenvalue weighted by Crippen LogP contribution is -2.49. The first kappa shape index (κ1) is 18.0. The maximum Gasteiger partial charge on any atom is 0.148 e. The Morgan fingerprint density at radius 1 is 1.14 bits per heavy atom. The fourth-order valence-electron chi connectivity index (χ4n) is 3.57. The molecule has 2 heterocycles. The number of anilines is 1. The minimum atomic E-state index is -0.955. The highest BCUT2D eigenvalue weighted by Crippen LogP contribution is 2.45. The van der Waals surface area contributed by atoms with Crippen LogP contribution in [0.15, 0.2) is 54.7 Å². The average Bonchev–Trinajstić information content (AvgIpc) is 2.71. The van der Waals surface area contributed by atoms with Crippen LogP contribution in [0, 0.1) is 17.1 Å². The second-order valence-corrected chi connectivity index (χ2v) is 6.97. The summed E-state index contributed by atoms with van der Waals surface area (Å²) < 4.78 is 27.8. The van der Waals surface area contributed by atoms with Crippen LogP contribution in [0.5, 0.6) is 0 Å². The Bertz CT molecular complexity index is 1020. The minimum Gasteiger partial charge on any atom is -0.368 e. The summed E-state index contributed by atoms with van der Waals surface area (Å²) in [5, 5.41) is 20.5. The zero-order valence-electron chi connectivity index (χ0n) is 14.9. The number of benzene rings is 1. The second kappa shape index (κ2) is 7.31. The van der Waals surface area contributed by atoms with Crippen LogP contribution in [0.25, 0.3) is 11.3 Å². The Hall–Kier alpha value is -3.40. The van der Waals surface area contributed by atoms with Crippen LogP contribution >= 0.6 is 0 Å². The van der Waals surface area contributed by atoms with Crippen LogP contribution in [0.2, 0.25) is 0 Å². The first-order chi connectivity index (χ1) is 13.6. The van der Waals surface area contributed by atoms with Gasteiger partial charge in [-0.25, -0.2) is 8.78 Å². The van der Waals surface area contributed by atoms with E-state index >= 15 is 0 Å². The van der Waals surface area contributed by atoms with Gasteiger partial charge in [-0.3, -0.25) is 4.98 Å². The first-order valence-corrected chi connectivity index (χ1v) is 8.93. The van der Waals surface area contributed by atoms with Gasteiger partial charge in [0, 0.05) is 23.7 Å². The topological polar surface area (TPSA) is 74.5 Å². The van der Waals surface area contributed by atoms with Crippen LogP contribution in [0.3, 0.4) is 0 Å². The van der Waals surface area contributed by atoms with Crippen molar-refractivity contribution in [2.45, 2.75) is 24.4 Å². The van der Waals surface area contributed by atoms with Gasteiger partial charge < -0.3 is 5.32 Å². The number of aromatic nitrogens is 3. The molecule has 2 aromatic heterocycles. The van der Waals surface area contributed by atoms with Gasteiger partial charge in [0.15, 0.2) is 0 Å². The number of nitrogens with zero attached hydrogens (tertiary/aromatic N) is 4. The Labute approximate surface area is 161 Å². The highest BCUT2D eigenvalue weighted by atomic mass is 19.1. The zero-order valence-corrected chi connectivity index (χ0v) is 14.9. The number of hydrogen-bond donors (Lipinski definition) is 1. The number of nitriles is 1. The summed E-state index contributed by atoms with van der Waals surface area (Å²) in [7, 11) is 0. The molecule has 0 radical (unpaired) electrons. The predicted octanol–water partition coefficient (Wildman–Crippen LogP) is 4.03. The molecule has 4 rings (SSSR count). The standard InChI is InChI=1S/C21H17F2N5/c22-16-10-21(11-16,20-17(23)5-2-8-25-20)13-26-19-7-6-18(27-28-19)15-4-1-3-14(9-15)12-24/h1-9,16H,10-11,13H2,(H,26,28)/t16-,21-. The third-order valence-corrected chi connectivity index (χ3v) is 5.05. The van der Waals surface area contributed by atoms with Gasteiger partial charge in [-0.1, -0.05) is 12.1 Å². The number of hydrogen-bond acceptors (Lipinski definition) is 5. The molecule has 3 aromatic rings. The van der Waals surface area contributed by atoms with Crippen molar-refractivity contribution in [1.82, 2.24) is 15.2 Å². The Kier molecular flexibility index (Phi) is 4.70. The highest BCUT2D eigenvalue weighted by Gasteiger charge is 2.48. The molecule has 1 aromatic carbocycles. The third kappa shape index (κ3) is 3.41. The number of halogens is 2. The normalized spacial score (nSPS) is 20.8. The van der Waals surface area contributed by atoms with Crippen molar-refractivity contribution in [3.63, 3.8) is 0 Å². The molecule has 1 saturated carbocycles. The van der Waals surface area contributed by atoms with Crippen LogP contribution in [-0.2, 0) is 5.41 Å². The predicted molar refractivity (Wildman–Crippen MR) is 101 cm³/mol. The van der Waals surface area contributed by atoms with E-state index in [9.17, 15) is 8.78 Å². The van der Waals surface area contributed by atoms with E-state index in [1.54, 1.807) is 30.3 Å². The van der Waals surface area contributed by atoms with Gasteiger partial charge in [0.2, 0.25) is 0 Å². The van der Waals surface area contributed by atoms with Crippen molar-refractivity contribution in [2.24, 2.45) is 0 Å². The highest BCUT2D eigenvalue weighted by molar-refractivity contribution is 5.61. The van der Waals surface area contributed by atoms with Crippen LogP contribution in [-0.4, -0.2) is 27.9 Å². The summed E-state index contributed by atoms with van der Waals surface area (Å²) >= 11 is 0. The fourth-order valence-corrected chi connectivity index (χ4v) is 3.57. The lowest BCUT2D eigenvalue weighted by molar-refractivity contribution is 0.0964. The Morgan fingerprint density at radius 3 is 2.68 bits per heavy atom. The van der Waals surface area contributed by atoms with Crippen molar-refractivity contribution in [3.8, 4) is 17.3 Å². The van der Waals surface area contributed by atoms with Crippen molar-refractivity contribution in [2.75, 3.05) is 11.9 Å². The summed E-state index contributed by atoms with van der Waals surface area (Å²) in [6.07, 6.45) is 1.01. The first-order valence-electron chi connectivity index (χ1n) is 8.93. The number of alkyl halides is 1. The van der Waals surface area contributed by atoms with E-state index in [2.05, 4.69) is 26.6 Å². The molecule has 1 fully saturated rings. The lowest BCUT2D eigenvalue weighted by atomic mass is 9.65. The van der Waals surface area contributed by atoms with Crippen molar-refractivity contribution in [1.29, 1.82) is 5.26 Å². The van der Waals surface area contributed by atoms with E-state index in [1.807, 2.05) is 6.07 Å². The van der Waals surface area contributed by atoms with Crippen LogP contribution in [0.4, 0.5) is 14.6 Å². The van der Waals surface area contributed by atoms with Crippen LogP contribution < -0.4 is 5.32 Å². The minimum absolute atomic E-state index is 0.223. The molecule has 0 bridgehead atoms. The molecule has 7 heteroatoms. The zero-order chi connectivity index (χ0) is 19.6. The van der Waals surface area contributed by atoms with E-state index in [0.717, 1.165) is 5.56 Å². The molecule has 0 atom stereocenters.